The van der Waals surface area contributed by atoms with Crippen molar-refractivity contribution in [3.8, 4) is 0 Å². The van der Waals surface area contributed by atoms with Gasteiger partial charge in [0.15, 0.2) is 0 Å². The number of halogens is 2. The molecule has 1 fully saturated rings. The minimum absolute atomic E-state index is 0.0463. The van der Waals surface area contributed by atoms with Crippen LogP contribution < -0.4 is 0 Å². The van der Waals surface area contributed by atoms with Crippen molar-refractivity contribution >= 4 is 29.1 Å². The fraction of sp³-hybridized carbons (Fsp3) is 0.500. The Morgan fingerprint density at radius 3 is 2.89 bits per heavy atom. The number of likely N-dealkylation sites (tertiary alicyclic amines) is 1. The zero-order valence-corrected chi connectivity index (χ0v) is 11.8. The Morgan fingerprint density at radius 2 is 2.17 bits per heavy atom. The van der Waals surface area contributed by atoms with E-state index < -0.39 is 0 Å². The Bertz CT molecular complexity index is 422. The van der Waals surface area contributed by atoms with Crippen molar-refractivity contribution in [3.05, 3.63) is 34.9 Å². The second kappa shape index (κ2) is 6.44. The minimum atomic E-state index is 0.0463. The Labute approximate surface area is 118 Å². The van der Waals surface area contributed by atoms with Gasteiger partial charge in [0.25, 0.3) is 5.91 Å². The second-order valence-electron chi connectivity index (χ2n) is 4.67. The molecule has 0 N–H and O–H groups in total. The molecular formula is C14H17Cl2NO. The van der Waals surface area contributed by atoms with Crippen LogP contribution in [-0.2, 0) is 0 Å². The molecule has 0 radical (unpaired) electrons. The summed E-state index contributed by atoms with van der Waals surface area (Å²) in [6, 6.07) is 7.27. The maximum absolute atomic E-state index is 12.5. The van der Waals surface area contributed by atoms with Gasteiger partial charge in [0.2, 0.25) is 0 Å². The zero-order valence-electron chi connectivity index (χ0n) is 10.2. The summed E-state index contributed by atoms with van der Waals surface area (Å²) in [5.41, 5.74) is 0.652. The van der Waals surface area contributed by atoms with E-state index in [0.717, 1.165) is 25.8 Å². The average Bonchev–Trinajstić information content (AvgIpc) is 2.62. The smallest absolute Gasteiger partial charge is 0.254 e. The van der Waals surface area contributed by atoms with E-state index in [1.165, 1.54) is 6.42 Å². The number of carbonyl (C=O) groups excluding carboxylic acids is 1. The first-order chi connectivity index (χ1) is 8.72. The number of amides is 1. The molecule has 1 aliphatic rings. The van der Waals surface area contributed by atoms with Crippen LogP contribution in [0, 0.1) is 0 Å². The lowest BCUT2D eigenvalue weighted by Crippen LogP contribution is -2.41. The third kappa shape index (κ3) is 3.18. The summed E-state index contributed by atoms with van der Waals surface area (Å²) in [5.74, 6) is 0.553. The highest BCUT2D eigenvalue weighted by Gasteiger charge is 2.25. The van der Waals surface area contributed by atoms with Gasteiger partial charge in [-0.05, 0) is 31.0 Å². The van der Waals surface area contributed by atoms with Crippen molar-refractivity contribution in [1.82, 2.24) is 4.90 Å². The predicted molar refractivity (Wildman–Crippen MR) is 75.5 cm³/mol. The van der Waals surface area contributed by atoms with E-state index in [1.807, 2.05) is 17.0 Å². The van der Waals surface area contributed by atoms with Crippen molar-refractivity contribution in [2.24, 2.45) is 0 Å². The number of hydrogen-bond donors (Lipinski definition) is 0. The molecule has 0 bridgehead atoms. The van der Waals surface area contributed by atoms with E-state index in [-0.39, 0.29) is 11.9 Å². The van der Waals surface area contributed by atoms with Gasteiger partial charge in [-0.15, -0.1) is 11.6 Å². The van der Waals surface area contributed by atoms with Crippen LogP contribution in [0.1, 0.15) is 36.0 Å². The van der Waals surface area contributed by atoms with Crippen LogP contribution in [0.3, 0.4) is 0 Å². The molecule has 2 nitrogen and oxygen atoms in total. The maximum Gasteiger partial charge on any atom is 0.254 e. The summed E-state index contributed by atoms with van der Waals surface area (Å²) >= 11 is 11.9. The van der Waals surface area contributed by atoms with Gasteiger partial charge < -0.3 is 4.90 Å². The molecule has 1 saturated heterocycles. The van der Waals surface area contributed by atoms with Gasteiger partial charge in [0, 0.05) is 29.1 Å². The van der Waals surface area contributed by atoms with Crippen molar-refractivity contribution < 1.29 is 4.79 Å². The molecule has 1 unspecified atom stereocenters. The molecule has 0 spiro atoms. The number of carbonyl (C=O) groups is 1. The molecule has 1 aromatic rings. The average molecular weight is 286 g/mol. The molecule has 1 aromatic carbocycles. The van der Waals surface area contributed by atoms with E-state index in [4.69, 9.17) is 23.2 Å². The van der Waals surface area contributed by atoms with Crippen LogP contribution in [-0.4, -0.2) is 29.3 Å². The summed E-state index contributed by atoms with van der Waals surface area (Å²) in [6.45, 7) is 0.794. The van der Waals surface area contributed by atoms with E-state index in [0.29, 0.717) is 16.5 Å². The number of benzene rings is 1. The van der Waals surface area contributed by atoms with Crippen LogP contribution in [0.5, 0.6) is 0 Å². The van der Waals surface area contributed by atoms with Crippen molar-refractivity contribution in [2.75, 3.05) is 12.4 Å². The standard InChI is InChI=1S/C14H17Cl2NO/c15-10-13-7-2-1-3-8-17(13)14(18)11-5-4-6-12(16)9-11/h4-6,9,13H,1-3,7-8,10H2. The zero-order chi connectivity index (χ0) is 13.0. The Morgan fingerprint density at radius 1 is 1.33 bits per heavy atom. The summed E-state index contributed by atoms with van der Waals surface area (Å²) in [7, 11) is 0. The lowest BCUT2D eigenvalue weighted by atomic mass is 10.1. The lowest BCUT2D eigenvalue weighted by Gasteiger charge is -2.28. The Hall–Kier alpha value is -0.730. The van der Waals surface area contributed by atoms with Gasteiger partial charge >= 0.3 is 0 Å². The summed E-state index contributed by atoms with van der Waals surface area (Å²) in [5, 5.41) is 0.595. The van der Waals surface area contributed by atoms with E-state index in [9.17, 15) is 4.79 Å². The molecule has 1 aliphatic heterocycles. The van der Waals surface area contributed by atoms with E-state index in [2.05, 4.69) is 0 Å². The van der Waals surface area contributed by atoms with Crippen LogP contribution in [0.25, 0.3) is 0 Å². The minimum Gasteiger partial charge on any atom is -0.334 e. The molecule has 1 heterocycles. The molecule has 0 saturated carbocycles. The molecule has 0 aromatic heterocycles. The first kappa shape index (κ1) is 13.7. The fourth-order valence-corrected chi connectivity index (χ4v) is 2.90. The molecule has 98 valence electrons. The highest BCUT2D eigenvalue weighted by molar-refractivity contribution is 6.31. The molecule has 0 aliphatic carbocycles. The van der Waals surface area contributed by atoms with Gasteiger partial charge in [-0.2, -0.15) is 0 Å². The first-order valence-electron chi connectivity index (χ1n) is 6.35. The molecular weight excluding hydrogens is 269 g/mol. The predicted octanol–water partition coefficient (Wildman–Crippen LogP) is 3.96. The molecule has 18 heavy (non-hydrogen) atoms. The van der Waals surface area contributed by atoms with Crippen molar-refractivity contribution in [2.45, 2.75) is 31.7 Å². The highest BCUT2D eigenvalue weighted by Crippen LogP contribution is 2.21. The number of hydrogen-bond acceptors (Lipinski definition) is 1. The second-order valence-corrected chi connectivity index (χ2v) is 5.41. The molecule has 1 atom stereocenters. The SMILES string of the molecule is O=C(c1cccc(Cl)c1)N1CCCCCC1CCl. The highest BCUT2D eigenvalue weighted by atomic mass is 35.5. The van der Waals surface area contributed by atoms with Crippen LogP contribution >= 0.6 is 23.2 Å². The number of alkyl halides is 1. The van der Waals surface area contributed by atoms with Gasteiger partial charge in [0.1, 0.15) is 0 Å². The molecule has 4 heteroatoms. The monoisotopic (exact) mass is 285 g/mol. The third-order valence-electron chi connectivity index (χ3n) is 3.39. The van der Waals surface area contributed by atoms with E-state index >= 15 is 0 Å². The maximum atomic E-state index is 12.5. The molecule has 1 amide bonds. The summed E-state index contributed by atoms with van der Waals surface area (Å²) < 4.78 is 0. The fourth-order valence-electron chi connectivity index (χ4n) is 2.39. The topological polar surface area (TPSA) is 20.3 Å². The van der Waals surface area contributed by atoms with Gasteiger partial charge in [-0.1, -0.05) is 30.5 Å². The van der Waals surface area contributed by atoms with Crippen molar-refractivity contribution in [3.63, 3.8) is 0 Å². The lowest BCUT2D eigenvalue weighted by molar-refractivity contribution is 0.0700. The van der Waals surface area contributed by atoms with Crippen LogP contribution in [0.2, 0.25) is 5.02 Å². The van der Waals surface area contributed by atoms with Crippen LogP contribution in [0.4, 0.5) is 0 Å². The Balaban J connectivity index is 2.19. The number of nitrogens with zero attached hydrogens (tertiary/aromatic N) is 1. The molecule has 2 rings (SSSR count). The quantitative estimate of drug-likeness (QED) is 0.753. The van der Waals surface area contributed by atoms with Gasteiger partial charge in [0.05, 0.1) is 0 Å². The van der Waals surface area contributed by atoms with Crippen LogP contribution in [0.15, 0.2) is 24.3 Å². The number of rotatable bonds is 2. The van der Waals surface area contributed by atoms with E-state index in [1.54, 1.807) is 12.1 Å². The Kier molecular flexibility index (Phi) is 4.90. The first-order valence-corrected chi connectivity index (χ1v) is 7.26. The third-order valence-corrected chi connectivity index (χ3v) is 3.98. The van der Waals surface area contributed by atoms with Crippen molar-refractivity contribution in [1.29, 1.82) is 0 Å². The normalized spacial score (nSPS) is 20.6. The van der Waals surface area contributed by atoms with Gasteiger partial charge in [-0.25, -0.2) is 0 Å². The summed E-state index contributed by atoms with van der Waals surface area (Å²) in [6.07, 6.45) is 4.37. The largest absolute Gasteiger partial charge is 0.334 e. The summed E-state index contributed by atoms with van der Waals surface area (Å²) in [4.78, 5) is 14.4. The van der Waals surface area contributed by atoms with Gasteiger partial charge in [-0.3, -0.25) is 4.79 Å².